The fourth-order valence-electron chi connectivity index (χ4n) is 4.20. The minimum atomic E-state index is 0.504. The Morgan fingerprint density at radius 1 is 1.29 bits per heavy atom. The van der Waals surface area contributed by atoms with E-state index in [9.17, 15) is 0 Å². The minimum absolute atomic E-state index is 0.504. The maximum Gasteiger partial charge on any atom is 0.0287 e. The summed E-state index contributed by atoms with van der Waals surface area (Å²) in [6.45, 7) is 4.90. The Bertz CT molecular complexity index is 235. The third-order valence-electron chi connectivity index (χ3n) is 5.14. The quantitative estimate of drug-likeness (QED) is 0.812. The molecule has 0 aromatic heterocycles. The smallest absolute Gasteiger partial charge is 0.0287 e. The summed E-state index contributed by atoms with van der Waals surface area (Å²) in [4.78, 5) is 0. The van der Waals surface area contributed by atoms with Gasteiger partial charge >= 0.3 is 0 Å². The van der Waals surface area contributed by atoms with Gasteiger partial charge in [0, 0.05) is 10.8 Å². The molecule has 2 fully saturated rings. The zero-order chi connectivity index (χ0) is 12.3. The normalized spacial score (nSPS) is 40.4. The molecule has 1 saturated heterocycles. The van der Waals surface area contributed by atoms with Gasteiger partial charge in [-0.3, -0.25) is 0 Å². The first-order valence-electron chi connectivity index (χ1n) is 7.52. The van der Waals surface area contributed by atoms with Crippen LogP contribution in [-0.2, 0) is 0 Å². The standard InChI is InChI=1S/C15H29NS/c1-4-12-8-5-6-9-13(12)14(16-3)15(2)10-7-11-17-15/h12-14,16H,4-11H2,1-3H3. The first-order valence-corrected chi connectivity index (χ1v) is 8.51. The van der Waals surface area contributed by atoms with Gasteiger partial charge in [-0.05, 0) is 50.8 Å². The monoisotopic (exact) mass is 255 g/mol. The highest BCUT2D eigenvalue weighted by atomic mass is 32.2. The predicted octanol–water partition coefficient (Wildman–Crippen LogP) is 4.08. The maximum absolute atomic E-state index is 3.70. The van der Waals surface area contributed by atoms with Crippen molar-refractivity contribution >= 4 is 11.8 Å². The van der Waals surface area contributed by atoms with E-state index in [1.165, 1.54) is 50.7 Å². The lowest BCUT2D eigenvalue weighted by Crippen LogP contribution is -2.51. The van der Waals surface area contributed by atoms with Crippen molar-refractivity contribution in [2.75, 3.05) is 12.8 Å². The Hall–Kier alpha value is 0.310. The maximum atomic E-state index is 3.70. The summed E-state index contributed by atoms with van der Waals surface area (Å²) in [7, 11) is 2.19. The molecule has 0 bridgehead atoms. The van der Waals surface area contributed by atoms with Gasteiger partial charge in [-0.2, -0.15) is 11.8 Å². The fraction of sp³-hybridized carbons (Fsp3) is 1.00. The topological polar surface area (TPSA) is 12.0 Å². The minimum Gasteiger partial charge on any atom is -0.315 e. The molecule has 4 unspecified atom stereocenters. The van der Waals surface area contributed by atoms with Crippen molar-refractivity contribution in [2.24, 2.45) is 11.8 Å². The Labute approximate surface area is 112 Å². The van der Waals surface area contributed by atoms with Gasteiger partial charge in [-0.15, -0.1) is 0 Å². The van der Waals surface area contributed by atoms with Crippen molar-refractivity contribution in [3.8, 4) is 0 Å². The molecule has 0 spiro atoms. The van der Waals surface area contributed by atoms with Crippen LogP contribution in [0.3, 0.4) is 0 Å². The Morgan fingerprint density at radius 2 is 2.06 bits per heavy atom. The summed E-state index contributed by atoms with van der Waals surface area (Å²) >= 11 is 2.22. The van der Waals surface area contributed by atoms with Crippen LogP contribution in [0.1, 0.15) is 58.8 Å². The lowest BCUT2D eigenvalue weighted by Gasteiger charge is -2.44. The van der Waals surface area contributed by atoms with Crippen LogP contribution in [-0.4, -0.2) is 23.6 Å². The first-order chi connectivity index (χ1) is 8.21. The number of thioether (sulfide) groups is 1. The van der Waals surface area contributed by atoms with Crippen molar-refractivity contribution in [1.82, 2.24) is 5.32 Å². The van der Waals surface area contributed by atoms with E-state index in [0.29, 0.717) is 4.75 Å². The van der Waals surface area contributed by atoms with E-state index in [-0.39, 0.29) is 0 Å². The van der Waals surface area contributed by atoms with Gasteiger partial charge in [-0.25, -0.2) is 0 Å². The van der Waals surface area contributed by atoms with Gasteiger partial charge in [0.05, 0.1) is 0 Å². The van der Waals surface area contributed by atoms with Crippen LogP contribution in [0.25, 0.3) is 0 Å². The van der Waals surface area contributed by atoms with Gasteiger partial charge < -0.3 is 5.32 Å². The van der Waals surface area contributed by atoms with Crippen molar-refractivity contribution in [2.45, 2.75) is 69.6 Å². The van der Waals surface area contributed by atoms with Gasteiger partial charge in [0.1, 0.15) is 0 Å². The van der Waals surface area contributed by atoms with Gasteiger partial charge in [-0.1, -0.05) is 32.6 Å². The van der Waals surface area contributed by atoms with Gasteiger partial charge in [0.25, 0.3) is 0 Å². The van der Waals surface area contributed by atoms with Crippen LogP contribution in [0.15, 0.2) is 0 Å². The molecule has 0 aromatic rings. The molecule has 2 heteroatoms. The number of hydrogen-bond donors (Lipinski definition) is 1. The van der Waals surface area contributed by atoms with E-state index < -0.39 is 0 Å². The van der Waals surface area contributed by atoms with Crippen molar-refractivity contribution < 1.29 is 0 Å². The second-order valence-corrected chi connectivity index (χ2v) is 7.78. The van der Waals surface area contributed by atoms with Crippen molar-refractivity contribution in [1.29, 1.82) is 0 Å². The third-order valence-corrected chi connectivity index (χ3v) is 6.75. The van der Waals surface area contributed by atoms with Crippen LogP contribution in [0.5, 0.6) is 0 Å². The summed E-state index contributed by atoms with van der Waals surface area (Å²) in [5, 5.41) is 3.70. The largest absolute Gasteiger partial charge is 0.315 e. The van der Waals surface area contributed by atoms with Crippen LogP contribution in [0.2, 0.25) is 0 Å². The zero-order valence-corrected chi connectivity index (χ0v) is 12.6. The summed E-state index contributed by atoms with van der Waals surface area (Å²) in [6.07, 6.45) is 10.1. The number of hydrogen-bond acceptors (Lipinski definition) is 2. The van der Waals surface area contributed by atoms with E-state index in [2.05, 4.69) is 38.0 Å². The average Bonchev–Trinajstić information content (AvgIpc) is 2.78. The van der Waals surface area contributed by atoms with Crippen LogP contribution in [0, 0.1) is 11.8 Å². The van der Waals surface area contributed by atoms with E-state index >= 15 is 0 Å². The molecule has 1 nitrogen and oxygen atoms in total. The molecule has 1 aliphatic carbocycles. The molecular formula is C15H29NS. The number of nitrogens with one attached hydrogen (secondary N) is 1. The molecular weight excluding hydrogens is 226 g/mol. The molecule has 1 saturated carbocycles. The zero-order valence-electron chi connectivity index (χ0n) is 11.8. The summed E-state index contributed by atoms with van der Waals surface area (Å²) in [6, 6.07) is 0.736. The summed E-state index contributed by atoms with van der Waals surface area (Å²) in [5.41, 5.74) is 0. The predicted molar refractivity (Wildman–Crippen MR) is 78.7 cm³/mol. The molecule has 4 atom stereocenters. The lowest BCUT2D eigenvalue weighted by atomic mass is 9.70. The van der Waals surface area contributed by atoms with E-state index in [0.717, 1.165) is 17.9 Å². The molecule has 0 radical (unpaired) electrons. The third kappa shape index (κ3) is 2.84. The second-order valence-electron chi connectivity index (χ2n) is 6.15. The van der Waals surface area contributed by atoms with Gasteiger partial charge in [0.2, 0.25) is 0 Å². The fourth-order valence-corrected chi connectivity index (χ4v) is 5.72. The molecule has 0 amide bonds. The summed E-state index contributed by atoms with van der Waals surface area (Å²) < 4.78 is 0.504. The highest BCUT2D eigenvalue weighted by molar-refractivity contribution is 8.00. The molecule has 1 heterocycles. The highest BCUT2D eigenvalue weighted by Gasteiger charge is 2.43. The Kier molecular flexibility index (Phi) is 4.82. The average molecular weight is 255 g/mol. The molecule has 0 aromatic carbocycles. The van der Waals surface area contributed by atoms with Crippen LogP contribution in [0.4, 0.5) is 0 Å². The second kappa shape index (κ2) is 5.97. The van der Waals surface area contributed by atoms with Crippen molar-refractivity contribution in [3.05, 3.63) is 0 Å². The van der Waals surface area contributed by atoms with Gasteiger partial charge in [0.15, 0.2) is 0 Å². The van der Waals surface area contributed by atoms with Crippen LogP contribution < -0.4 is 5.32 Å². The van der Waals surface area contributed by atoms with Crippen LogP contribution >= 0.6 is 11.8 Å². The molecule has 1 N–H and O–H groups in total. The number of rotatable bonds is 4. The molecule has 100 valence electrons. The Morgan fingerprint density at radius 3 is 2.65 bits per heavy atom. The van der Waals surface area contributed by atoms with E-state index in [1.54, 1.807) is 0 Å². The van der Waals surface area contributed by atoms with E-state index in [4.69, 9.17) is 0 Å². The molecule has 2 aliphatic rings. The SMILES string of the molecule is CCC1CCCCC1C(NC)C1(C)CCCS1. The molecule has 2 rings (SSSR count). The summed E-state index contributed by atoms with van der Waals surface area (Å²) in [5.74, 6) is 3.27. The lowest BCUT2D eigenvalue weighted by molar-refractivity contribution is 0.157. The molecule has 1 aliphatic heterocycles. The molecule has 17 heavy (non-hydrogen) atoms. The van der Waals surface area contributed by atoms with E-state index in [1.807, 2.05) is 0 Å². The Balaban J connectivity index is 2.10. The first kappa shape index (κ1) is 13.7. The van der Waals surface area contributed by atoms with Crippen molar-refractivity contribution in [3.63, 3.8) is 0 Å². The highest BCUT2D eigenvalue weighted by Crippen LogP contribution is 2.47.